The summed E-state index contributed by atoms with van der Waals surface area (Å²) in [6.07, 6.45) is 1.63. The van der Waals surface area contributed by atoms with Crippen LogP contribution in [-0.2, 0) is 6.54 Å². The van der Waals surface area contributed by atoms with Crippen LogP contribution in [0.15, 0.2) is 36.5 Å². The van der Waals surface area contributed by atoms with Gasteiger partial charge in [0.2, 0.25) is 5.95 Å². The second-order valence-electron chi connectivity index (χ2n) is 5.09. The van der Waals surface area contributed by atoms with Crippen molar-refractivity contribution in [2.45, 2.75) is 27.3 Å². The predicted octanol–water partition coefficient (Wildman–Crippen LogP) is 2.56. The van der Waals surface area contributed by atoms with Crippen molar-refractivity contribution in [3.05, 3.63) is 53.3 Å². The molecule has 1 N–H and O–H groups in total. The van der Waals surface area contributed by atoms with E-state index in [0.29, 0.717) is 18.2 Å². The van der Waals surface area contributed by atoms with Gasteiger partial charge in [-0.1, -0.05) is 29.8 Å². The molecule has 0 radical (unpaired) electrons. The van der Waals surface area contributed by atoms with Crippen LogP contribution in [-0.4, -0.2) is 29.0 Å². The van der Waals surface area contributed by atoms with Crippen molar-refractivity contribution in [2.24, 2.45) is 0 Å². The minimum atomic E-state index is -0.183. The number of carbonyl (C=O) groups excluding carboxylic acids is 1. The molecule has 1 aromatic heterocycles. The molecule has 0 aliphatic rings. The van der Waals surface area contributed by atoms with Crippen LogP contribution in [0.5, 0.6) is 0 Å². The number of benzene rings is 1. The lowest BCUT2D eigenvalue weighted by atomic mass is 10.1. The molecule has 2 rings (SSSR count). The van der Waals surface area contributed by atoms with E-state index in [1.165, 1.54) is 5.56 Å². The number of aromatic nitrogens is 2. The van der Waals surface area contributed by atoms with Crippen LogP contribution in [0.25, 0.3) is 0 Å². The van der Waals surface area contributed by atoms with Gasteiger partial charge in [0.25, 0.3) is 5.91 Å². The van der Waals surface area contributed by atoms with Gasteiger partial charge in [-0.25, -0.2) is 9.97 Å². The molecular weight excluding hydrogens is 276 g/mol. The second-order valence-corrected chi connectivity index (χ2v) is 5.09. The minimum Gasteiger partial charge on any atom is -0.347 e. The van der Waals surface area contributed by atoms with Crippen molar-refractivity contribution in [2.75, 3.05) is 18.0 Å². The van der Waals surface area contributed by atoms with E-state index in [4.69, 9.17) is 0 Å². The fraction of sp³-hybridized carbons (Fsp3) is 0.353. The highest BCUT2D eigenvalue weighted by molar-refractivity contribution is 5.92. The van der Waals surface area contributed by atoms with Gasteiger partial charge < -0.3 is 10.2 Å². The first kappa shape index (κ1) is 15.9. The van der Waals surface area contributed by atoms with E-state index in [-0.39, 0.29) is 5.91 Å². The number of hydrogen-bond donors (Lipinski definition) is 1. The van der Waals surface area contributed by atoms with Gasteiger partial charge in [0.05, 0.1) is 0 Å². The third-order valence-corrected chi connectivity index (χ3v) is 3.46. The Labute approximate surface area is 131 Å². The largest absolute Gasteiger partial charge is 0.347 e. The first-order valence-corrected chi connectivity index (χ1v) is 7.55. The van der Waals surface area contributed by atoms with Crippen molar-refractivity contribution in [3.63, 3.8) is 0 Å². The average molecular weight is 298 g/mol. The summed E-state index contributed by atoms with van der Waals surface area (Å²) in [6, 6.07) is 9.71. The highest BCUT2D eigenvalue weighted by atomic mass is 16.1. The Morgan fingerprint density at radius 2 is 2.00 bits per heavy atom. The minimum absolute atomic E-state index is 0.183. The summed E-state index contributed by atoms with van der Waals surface area (Å²) in [5.74, 6) is 0.408. The van der Waals surface area contributed by atoms with Gasteiger partial charge in [0.15, 0.2) is 0 Å². The molecule has 0 bridgehead atoms. The molecular formula is C17H22N4O. The number of carbonyl (C=O) groups is 1. The molecule has 0 saturated heterocycles. The van der Waals surface area contributed by atoms with E-state index in [0.717, 1.165) is 18.7 Å². The number of hydrogen-bond acceptors (Lipinski definition) is 4. The topological polar surface area (TPSA) is 58.1 Å². The summed E-state index contributed by atoms with van der Waals surface area (Å²) in [5.41, 5.74) is 2.65. The SMILES string of the molecule is CCN(CC)c1nccc(C(=O)NCc2cccc(C)c2)n1. The maximum absolute atomic E-state index is 12.2. The Kier molecular flexibility index (Phi) is 5.47. The standard InChI is InChI=1S/C17H22N4O/c1-4-21(5-2)17-18-10-9-15(20-17)16(22)19-12-14-8-6-7-13(3)11-14/h6-11H,4-5,12H2,1-3H3,(H,19,22). The van der Waals surface area contributed by atoms with Crippen molar-refractivity contribution in [1.82, 2.24) is 15.3 Å². The number of anilines is 1. The lowest BCUT2D eigenvalue weighted by molar-refractivity contribution is 0.0946. The Morgan fingerprint density at radius 1 is 1.23 bits per heavy atom. The third-order valence-electron chi connectivity index (χ3n) is 3.46. The Bertz CT molecular complexity index is 638. The van der Waals surface area contributed by atoms with E-state index in [1.807, 2.05) is 43.9 Å². The van der Waals surface area contributed by atoms with Crippen LogP contribution >= 0.6 is 0 Å². The summed E-state index contributed by atoms with van der Waals surface area (Å²) < 4.78 is 0. The zero-order valence-electron chi connectivity index (χ0n) is 13.3. The maximum atomic E-state index is 12.2. The molecule has 0 spiro atoms. The van der Waals surface area contributed by atoms with E-state index in [9.17, 15) is 4.79 Å². The van der Waals surface area contributed by atoms with Gasteiger partial charge in [-0.05, 0) is 32.4 Å². The second kappa shape index (κ2) is 7.54. The molecule has 0 saturated carbocycles. The van der Waals surface area contributed by atoms with Crippen LogP contribution in [0, 0.1) is 6.92 Å². The smallest absolute Gasteiger partial charge is 0.270 e. The van der Waals surface area contributed by atoms with E-state index >= 15 is 0 Å². The van der Waals surface area contributed by atoms with Gasteiger partial charge in [-0.2, -0.15) is 0 Å². The molecule has 5 heteroatoms. The monoisotopic (exact) mass is 298 g/mol. The van der Waals surface area contributed by atoms with Crippen LogP contribution < -0.4 is 10.2 Å². The summed E-state index contributed by atoms with van der Waals surface area (Å²) >= 11 is 0. The molecule has 22 heavy (non-hydrogen) atoms. The first-order valence-electron chi connectivity index (χ1n) is 7.55. The van der Waals surface area contributed by atoms with Gasteiger partial charge in [0.1, 0.15) is 5.69 Å². The average Bonchev–Trinajstić information content (AvgIpc) is 2.54. The van der Waals surface area contributed by atoms with Gasteiger partial charge in [-0.15, -0.1) is 0 Å². The molecule has 5 nitrogen and oxygen atoms in total. The normalized spacial score (nSPS) is 10.3. The quantitative estimate of drug-likeness (QED) is 0.890. The molecule has 0 unspecified atom stereocenters. The summed E-state index contributed by atoms with van der Waals surface area (Å²) in [7, 11) is 0. The maximum Gasteiger partial charge on any atom is 0.270 e. The van der Waals surface area contributed by atoms with E-state index < -0.39 is 0 Å². The highest BCUT2D eigenvalue weighted by Gasteiger charge is 2.11. The molecule has 116 valence electrons. The number of amides is 1. The number of nitrogens with zero attached hydrogens (tertiary/aromatic N) is 3. The Morgan fingerprint density at radius 3 is 2.68 bits per heavy atom. The van der Waals surface area contributed by atoms with Crippen LogP contribution in [0.1, 0.15) is 35.5 Å². The zero-order valence-corrected chi connectivity index (χ0v) is 13.3. The van der Waals surface area contributed by atoms with Crippen LogP contribution in [0.2, 0.25) is 0 Å². The molecule has 1 amide bonds. The fourth-order valence-electron chi connectivity index (χ4n) is 2.23. The molecule has 1 aromatic carbocycles. The molecule has 0 aliphatic heterocycles. The molecule has 1 heterocycles. The van der Waals surface area contributed by atoms with Crippen molar-refractivity contribution in [3.8, 4) is 0 Å². The molecule has 0 fully saturated rings. The fourth-order valence-corrected chi connectivity index (χ4v) is 2.23. The van der Waals surface area contributed by atoms with Gasteiger partial charge >= 0.3 is 0 Å². The third kappa shape index (κ3) is 4.04. The number of nitrogens with one attached hydrogen (secondary N) is 1. The predicted molar refractivity (Wildman–Crippen MR) is 87.9 cm³/mol. The Hall–Kier alpha value is -2.43. The van der Waals surface area contributed by atoms with E-state index in [1.54, 1.807) is 12.3 Å². The van der Waals surface area contributed by atoms with Gasteiger partial charge in [-0.3, -0.25) is 4.79 Å². The van der Waals surface area contributed by atoms with Crippen molar-refractivity contribution < 1.29 is 4.79 Å². The van der Waals surface area contributed by atoms with Crippen LogP contribution in [0.4, 0.5) is 5.95 Å². The highest BCUT2D eigenvalue weighted by Crippen LogP contribution is 2.08. The number of rotatable bonds is 6. The van der Waals surface area contributed by atoms with Crippen LogP contribution in [0.3, 0.4) is 0 Å². The lowest BCUT2D eigenvalue weighted by Gasteiger charge is -2.18. The first-order chi connectivity index (χ1) is 10.6. The lowest BCUT2D eigenvalue weighted by Crippen LogP contribution is -2.27. The van der Waals surface area contributed by atoms with Crippen molar-refractivity contribution in [1.29, 1.82) is 0 Å². The zero-order chi connectivity index (χ0) is 15.9. The Balaban J connectivity index is 2.05. The summed E-state index contributed by atoms with van der Waals surface area (Å²) in [5, 5.41) is 2.90. The summed E-state index contributed by atoms with van der Waals surface area (Å²) in [4.78, 5) is 22.8. The van der Waals surface area contributed by atoms with Gasteiger partial charge in [0, 0.05) is 25.8 Å². The molecule has 0 aliphatic carbocycles. The van der Waals surface area contributed by atoms with E-state index in [2.05, 4.69) is 21.4 Å². The number of aryl methyl sites for hydroxylation is 1. The molecule has 2 aromatic rings. The molecule has 0 atom stereocenters. The summed E-state index contributed by atoms with van der Waals surface area (Å²) in [6.45, 7) is 8.22. The van der Waals surface area contributed by atoms with Crippen molar-refractivity contribution >= 4 is 11.9 Å².